The molecule has 0 spiro atoms. The van der Waals surface area contributed by atoms with Gasteiger partial charge in [0.25, 0.3) is 5.91 Å². The van der Waals surface area contributed by atoms with E-state index in [1.807, 2.05) is 11.6 Å². The van der Waals surface area contributed by atoms with Gasteiger partial charge in [0.05, 0.1) is 11.7 Å². The van der Waals surface area contributed by atoms with Crippen molar-refractivity contribution >= 4 is 5.91 Å². The SMILES string of the molecule is CCCC1(CNC(=O)c2nnn(C3CCNCC3)c2C)CC1. The van der Waals surface area contributed by atoms with Crippen LogP contribution >= 0.6 is 0 Å². The van der Waals surface area contributed by atoms with Crippen molar-refractivity contribution in [2.75, 3.05) is 19.6 Å². The lowest BCUT2D eigenvalue weighted by Gasteiger charge is -2.23. The number of carbonyl (C=O) groups excluding carboxylic acids is 1. The maximum atomic E-state index is 12.4. The second-order valence-electron chi connectivity index (χ2n) is 6.88. The molecule has 1 aliphatic carbocycles. The topological polar surface area (TPSA) is 71.8 Å². The molecule has 1 aliphatic heterocycles. The molecular formula is C16H27N5O. The molecule has 122 valence electrons. The summed E-state index contributed by atoms with van der Waals surface area (Å²) in [6.07, 6.45) is 6.95. The highest BCUT2D eigenvalue weighted by Gasteiger charge is 2.41. The molecule has 1 amide bonds. The van der Waals surface area contributed by atoms with E-state index < -0.39 is 0 Å². The highest BCUT2D eigenvalue weighted by atomic mass is 16.2. The number of nitrogens with zero attached hydrogens (tertiary/aromatic N) is 3. The van der Waals surface area contributed by atoms with Crippen LogP contribution in [0.3, 0.4) is 0 Å². The molecule has 2 fully saturated rings. The van der Waals surface area contributed by atoms with Crippen LogP contribution in [0.2, 0.25) is 0 Å². The van der Waals surface area contributed by atoms with Crippen molar-refractivity contribution in [1.82, 2.24) is 25.6 Å². The van der Waals surface area contributed by atoms with E-state index in [1.165, 1.54) is 25.7 Å². The Labute approximate surface area is 132 Å². The van der Waals surface area contributed by atoms with Gasteiger partial charge in [0.15, 0.2) is 5.69 Å². The molecule has 2 N–H and O–H groups in total. The predicted molar refractivity (Wildman–Crippen MR) is 84.8 cm³/mol. The van der Waals surface area contributed by atoms with Crippen LogP contribution in [-0.2, 0) is 0 Å². The first-order chi connectivity index (χ1) is 10.7. The molecule has 2 heterocycles. The lowest BCUT2D eigenvalue weighted by molar-refractivity contribution is 0.0938. The summed E-state index contributed by atoms with van der Waals surface area (Å²) >= 11 is 0. The number of rotatable bonds is 6. The first kappa shape index (κ1) is 15.5. The zero-order valence-electron chi connectivity index (χ0n) is 13.7. The monoisotopic (exact) mass is 305 g/mol. The van der Waals surface area contributed by atoms with Crippen LogP contribution in [-0.4, -0.2) is 40.5 Å². The van der Waals surface area contributed by atoms with E-state index in [1.54, 1.807) is 0 Å². The van der Waals surface area contributed by atoms with E-state index in [0.29, 0.717) is 17.2 Å². The fourth-order valence-corrected chi connectivity index (χ4v) is 3.52. The summed E-state index contributed by atoms with van der Waals surface area (Å²) < 4.78 is 1.94. The molecule has 3 rings (SSSR count). The third kappa shape index (κ3) is 3.16. The van der Waals surface area contributed by atoms with E-state index in [0.717, 1.165) is 38.2 Å². The third-order valence-electron chi connectivity index (χ3n) is 5.16. The predicted octanol–water partition coefficient (Wildman–Crippen LogP) is 1.82. The van der Waals surface area contributed by atoms with Crippen LogP contribution < -0.4 is 10.6 Å². The van der Waals surface area contributed by atoms with Gasteiger partial charge in [-0.25, -0.2) is 4.68 Å². The number of carbonyl (C=O) groups is 1. The largest absolute Gasteiger partial charge is 0.350 e. The van der Waals surface area contributed by atoms with Crippen LogP contribution in [0.4, 0.5) is 0 Å². The van der Waals surface area contributed by atoms with E-state index in [-0.39, 0.29) is 5.91 Å². The number of amides is 1. The van der Waals surface area contributed by atoms with Crippen LogP contribution in [0.25, 0.3) is 0 Å². The van der Waals surface area contributed by atoms with Crippen LogP contribution in [0.15, 0.2) is 0 Å². The molecule has 1 saturated carbocycles. The standard InChI is InChI=1S/C16H27N5O/c1-3-6-16(7-8-16)11-18-15(22)14-12(2)21(20-19-14)13-4-9-17-10-5-13/h13,17H,3-11H2,1-2H3,(H,18,22). The summed E-state index contributed by atoms with van der Waals surface area (Å²) in [7, 11) is 0. The van der Waals surface area contributed by atoms with E-state index in [2.05, 4.69) is 27.9 Å². The minimum absolute atomic E-state index is 0.0694. The molecule has 0 radical (unpaired) electrons. The summed E-state index contributed by atoms with van der Waals surface area (Å²) in [4.78, 5) is 12.4. The number of piperidine rings is 1. The average Bonchev–Trinajstić information content (AvgIpc) is 3.19. The van der Waals surface area contributed by atoms with Gasteiger partial charge in [-0.1, -0.05) is 18.6 Å². The molecule has 1 aromatic heterocycles. The van der Waals surface area contributed by atoms with Crippen molar-refractivity contribution in [1.29, 1.82) is 0 Å². The fourth-order valence-electron chi connectivity index (χ4n) is 3.52. The van der Waals surface area contributed by atoms with Crippen molar-refractivity contribution in [3.63, 3.8) is 0 Å². The van der Waals surface area contributed by atoms with Gasteiger partial charge in [-0.2, -0.15) is 0 Å². The van der Waals surface area contributed by atoms with Gasteiger partial charge < -0.3 is 10.6 Å². The summed E-state index contributed by atoms with van der Waals surface area (Å²) in [5, 5.41) is 14.8. The van der Waals surface area contributed by atoms with Crippen molar-refractivity contribution in [3.05, 3.63) is 11.4 Å². The van der Waals surface area contributed by atoms with E-state index in [9.17, 15) is 4.79 Å². The summed E-state index contributed by atoms with van der Waals surface area (Å²) in [6, 6.07) is 0.366. The molecule has 6 heteroatoms. The van der Waals surface area contributed by atoms with Gasteiger partial charge in [-0.3, -0.25) is 4.79 Å². The van der Waals surface area contributed by atoms with Gasteiger partial charge in [-0.05, 0) is 57.5 Å². The molecule has 0 aromatic carbocycles. The van der Waals surface area contributed by atoms with Crippen LogP contribution in [0.5, 0.6) is 0 Å². The summed E-state index contributed by atoms with van der Waals surface area (Å²) in [6.45, 7) is 6.95. The van der Waals surface area contributed by atoms with Crippen molar-refractivity contribution in [2.45, 2.75) is 58.4 Å². The maximum absolute atomic E-state index is 12.4. The smallest absolute Gasteiger partial charge is 0.273 e. The lowest BCUT2D eigenvalue weighted by atomic mass is 10.0. The second kappa shape index (κ2) is 6.36. The van der Waals surface area contributed by atoms with Crippen LogP contribution in [0.1, 0.15) is 67.7 Å². The molecule has 0 atom stereocenters. The Kier molecular flexibility index (Phi) is 4.47. The number of hydrogen-bond donors (Lipinski definition) is 2. The zero-order valence-corrected chi connectivity index (χ0v) is 13.7. The van der Waals surface area contributed by atoms with Gasteiger partial charge in [0, 0.05) is 6.54 Å². The zero-order chi connectivity index (χ0) is 15.6. The highest BCUT2D eigenvalue weighted by Crippen LogP contribution is 2.48. The van der Waals surface area contributed by atoms with Gasteiger partial charge >= 0.3 is 0 Å². The Morgan fingerprint density at radius 2 is 2.14 bits per heavy atom. The van der Waals surface area contributed by atoms with Crippen LogP contribution in [0, 0.1) is 12.3 Å². The van der Waals surface area contributed by atoms with E-state index >= 15 is 0 Å². The highest BCUT2D eigenvalue weighted by molar-refractivity contribution is 5.93. The number of hydrogen-bond acceptors (Lipinski definition) is 4. The van der Waals surface area contributed by atoms with Gasteiger partial charge in [0.2, 0.25) is 0 Å². The maximum Gasteiger partial charge on any atom is 0.273 e. The Morgan fingerprint density at radius 3 is 2.77 bits per heavy atom. The molecule has 1 aromatic rings. The first-order valence-electron chi connectivity index (χ1n) is 8.56. The van der Waals surface area contributed by atoms with Gasteiger partial charge in [0.1, 0.15) is 0 Å². The molecule has 22 heavy (non-hydrogen) atoms. The summed E-state index contributed by atoms with van der Waals surface area (Å²) in [5.41, 5.74) is 1.75. The quantitative estimate of drug-likeness (QED) is 0.841. The lowest BCUT2D eigenvalue weighted by Crippen LogP contribution is -2.32. The summed E-state index contributed by atoms with van der Waals surface area (Å²) in [5.74, 6) is -0.0694. The molecule has 1 saturated heterocycles. The van der Waals surface area contributed by atoms with Crippen molar-refractivity contribution in [2.24, 2.45) is 5.41 Å². The second-order valence-corrected chi connectivity index (χ2v) is 6.88. The molecule has 6 nitrogen and oxygen atoms in total. The normalized spacial score (nSPS) is 20.8. The number of aromatic nitrogens is 3. The minimum Gasteiger partial charge on any atom is -0.350 e. The Bertz CT molecular complexity index is 529. The Morgan fingerprint density at radius 1 is 1.41 bits per heavy atom. The molecule has 0 unspecified atom stereocenters. The van der Waals surface area contributed by atoms with Crippen molar-refractivity contribution < 1.29 is 4.79 Å². The molecule has 0 bridgehead atoms. The number of nitrogens with one attached hydrogen (secondary N) is 2. The minimum atomic E-state index is -0.0694. The average molecular weight is 305 g/mol. The fraction of sp³-hybridized carbons (Fsp3) is 0.812. The van der Waals surface area contributed by atoms with Crippen molar-refractivity contribution in [3.8, 4) is 0 Å². The first-order valence-corrected chi connectivity index (χ1v) is 8.56. The Hall–Kier alpha value is -1.43. The molecule has 2 aliphatic rings. The third-order valence-corrected chi connectivity index (χ3v) is 5.16. The van der Waals surface area contributed by atoms with E-state index in [4.69, 9.17) is 0 Å². The molecular weight excluding hydrogens is 278 g/mol. The van der Waals surface area contributed by atoms with Gasteiger partial charge in [-0.15, -0.1) is 5.10 Å². The Balaban J connectivity index is 1.62.